The van der Waals surface area contributed by atoms with Crippen LogP contribution >= 0.6 is 0 Å². The molecular formula is C21H27N3O2. The lowest BCUT2D eigenvalue weighted by Crippen LogP contribution is -2.33. The van der Waals surface area contributed by atoms with Gasteiger partial charge in [0, 0.05) is 44.5 Å². The fourth-order valence-electron chi connectivity index (χ4n) is 2.61. The van der Waals surface area contributed by atoms with Gasteiger partial charge in [-0.1, -0.05) is 39.0 Å². The molecule has 1 heterocycles. The van der Waals surface area contributed by atoms with E-state index in [1.807, 2.05) is 36.4 Å². The van der Waals surface area contributed by atoms with Crippen LogP contribution in [-0.4, -0.2) is 23.3 Å². The van der Waals surface area contributed by atoms with Crippen LogP contribution in [0.3, 0.4) is 0 Å². The number of benzene rings is 1. The Hall–Kier alpha value is -2.69. The quantitative estimate of drug-likeness (QED) is 0.865. The number of carbonyl (C=O) groups excluding carboxylic acids is 2. The SMILES string of the molecule is CC(=O)N(CCC(=O)NCc1cccnc1)c1ccc(C(C)(C)C)cc1. The van der Waals surface area contributed by atoms with Gasteiger partial charge in [-0.2, -0.15) is 0 Å². The van der Waals surface area contributed by atoms with Gasteiger partial charge in [-0.05, 0) is 34.7 Å². The summed E-state index contributed by atoms with van der Waals surface area (Å²) >= 11 is 0. The number of anilines is 1. The maximum Gasteiger partial charge on any atom is 0.223 e. The topological polar surface area (TPSA) is 62.3 Å². The first-order valence-corrected chi connectivity index (χ1v) is 8.81. The van der Waals surface area contributed by atoms with Crippen molar-refractivity contribution in [2.45, 2.75) is 46.1 Å². The molecule has 0 fully saturated rings. The van der Waals surface area contributed by atoms with E-state index in [1.54, 1.807) is 17.3 Å². The Balaban J connectivity index is 1.93. The van der Waals surface area contributed by atoms with Gasteiger partial charge in [0.25, 0.3) is 0 Å². The van der Waals surface area contributed by atoms with Crippen molar-refractivity contribution in [3.63, 3.8) is 0 Å². The van der Waals surface area contributed by atoms with E-state index in [0.717, 1.165) is 11.3 Å². The number of pyridine rings is 1. The Morgan fingerprint density at radius 3 is 2.35 bits per heavy atom. The molecule has 1 aromatic carbocycles. The normalized spacial score (nSPS) is 11.1. The van der Waals surface area contributed by atoms with Crippen molar-refractivity contribution in [3.05, 3.63) is 59.9 Å². The van der Waals surface area contributed by atoms with Gasteiger partial charge in [-0.15, -0.1) is 0 Å². The molecule has 2 aromatic rings. The second kappa shape index (κ2) is 8.61. The first-order chi connectivity index (χ1) is 12.3. The molecule has 138 valence electrons. The minimum atomic E-state index is -0.0913. The van der Waals surface area contributed by atoms with Crippen LogP contribution in [0.2, 0.25) is 0 Å². The third-order valence-electron chi connectivity index (χ3n) is 4.20. The monoisotopic (exact) mass is 353 g/mol. The average molecular weight is 353 g/mol. The van der Waals surface area contributed by atoms with Gasteiger partial charge in [0.05, 0.1) is 0 Å². The molecule has 0 radical (unpaired) electrons. The molecule has 0 saturated heterocycles. The molecular weight excluding hydrogens is 326 g/mol. The summed E-state index contributed by atoms with van der Waals surface area (Å²) < 4.78 is 0. The molecule has 1 aromatic heterocycles. The smallest absolute Gasteiger partial charge is 0.223 e. The van der Waals surface area contributed by atoms with Crippen molar-refractivity contribution in [1.29, 1.82) is 0 Å². The standard InChI is InChI=1S/C21H27N3O2/c1-16(25)24(19-9-7-18(8-10-19)21(2,3)4)13-11-20(26)23-15-17-6-5-12-22-14-17/h5-10,12,14H,11,13,15H2,1-4H3,(H,23,26). The fourth-order valence-corrected chi connectivity index (χ4v) is 2.61. The highest BCUT2D eigenvalue weighted by atomic mass is 16.2. The highest BCUT2D eigenvalue weighted by molar-refractivity contribution is 5.92. The number of amides is 2. The first kappa shape index (κ1) is 19.6. The van der Waals surface area contributed by atoms with E-state index in [9.17, 15) is 9.59 Å². The molecule has 5 heteroatoms. The Bertz CT molecular complexity index is 734. The van der Waals surface area contributed by atoms with Crippen LogP contribution in [0, 0.1) is 0 Å². The zero-order chi connectivity index (χ0) is 19.2. The number of carbonyl (C=O) groups is 2. The third-order valence-corrected chi connectivity index (χ3v) is 4.20. The summed E-state index contributed by atoms with van der Waals surface area (Å²) in [5.74, 6) is -0.167. The Morgan fingerprint density at radius 1 is 1.12 bits per heavy atom. The van der Waals surface area contributed by atoms with Crippen molar-refractivity contribution in [2.24, 2.45) is 0 Å². The minimum absolute atomic E-state index is 0.0613. The lowest BCUT2D eigenvalue weighted by atomic mass is 9.87. The number of hydrogen-bond acceptors (Lipinski definition) is 3. The van der Waals surface area contributed by atoms with Gasteiger partial charge < -0.3 is 10.2 Å². The van der Waals surface area contributed by atoms with Crippen LogP contribution in [0.25, 0.3) is 0 Å². The van der Waals surface area contributed by atoms with E-state index >= 15 is 0 Å². The van der Waals surface area contributed by atoms with Crippen molar-refractivity contribution in [2.75, 3.05) is 11.4 Å². The maximum atomic E-state index is 12.1. The molecule has 1 N–H and O–H groups in total. The molecule has 0 spiro atoms. The van der Waals surface area contributed by atoms with Crippen molar-refractivity contribution in [3.8, 4) is 0 Å². The highest BCUT2D eigenvalue weighted by Crippen LogP contribution is 2.25. The summed E-state index contributed by atoms with van der Waals surface area (Å²) in [4.78, 5) is 29.7. The summed E-state index contributed by atoms with van der Waals surface area (Å²) in [6.45, 7) is 8.76. The summed E-state index contributed by atoms with van der Waals surface area (Å²) in [7, 11) is 0. The first-order valence-electron chi connectivity index (χ1n) is 8.81. The summed E-state index contributed by atoms with van der Waals surface area (Å²) in [6.07, 6.45) is 3.67. The van der Waals surface area contributed by atoms with Crippen LogP contribution in [0.5, 0.6) is 0 Å². The summed E-state index contributed by atoms with van der Waals surface area (Å²) in [5.41, 5.74) is 3.03. The van der Waals surface area contributed by atoms with E-state index in [0.29, 0.717) is 13.1 Å². The van der Waals surface area contributed by atoms with Gasteiger partial charge in [0.2, 0.25) is 11.8 Å². The van der Waals surface area contributed by atoms with E-state index in [4.69, 9.17) is 0 Å². The fraction of sp³-hybridized carbons (Fsp3) is 0.381. The van der Waals surface area contributed by atoms with E-state index in [2.05, 4.69) is 31.1 Å². The number of aromatic nitrogens is 1. The Labute approximate surface area is 155 Å². The Morgan fingerprint density at radius 2 is 1.81 bits per heavy atom. The van der Waals surface area contributed by atoms with Crippen LogP contribution in [-0.2, 0) is 21.5 Å². The van der Waals surface area contributed by atoms with Crippen LogP contribution < -0.4 is 10.2 Å². The molecule has 0 atom stereocenters. The zero-order valence-corrected chi connectivity index (χ0v) is 16.0. The number of nitrogens with zero attached hydrogens (tertiary/aromatic N) is 2. The molecule has 0 unspecified atom stereocenters. The van der Waals surface area contributed by atoms with Gasteiger partial charge >= 0.3 is 0 Å². The third kappa shape index (κ3) is 5.69. The largest absolute Gasteiger partial charge is 0.352 e. The molecule has 26 heavy (non-hydrogen) atoms. The second-order valence-electron chi connectivity index (χ2n) is 7.36. The molecule has 0 aliphatic rings. The lowest BCUT2D eigenvalue weighted by Gasteiger charge is -2.23. The van der Waals surface area contributed by atoms with Crippen LogP contribution in [0.4, 0.5) is 5.69 Å². The number of hydrogen-bond donors (Lipinski definition) is 1. The van der Waals surface area contributed by atoms with Gasteiger partial charge in [-0.25, -0.2) is 0 Å². The van der Waals surface area contributed by atoms with Gasteiger partial charge in [-0.3, -0.25) is 14.6 Å². The van der Waals surface area contributed by atoms with Crippen molar-refractivity contribution < 1.29 is 9.59 Å². The predicted molar refractivity (Wildman–Crippen MR) is 104 cm³/mol. The molecule has 0 aliphatic heterocycles. The van der Waals surface area contributed by atoms with Crippen molar-refractivity contribution in [1.82, 2.24) is 10.3 Å². The maximum absolute atomic E-state index is 12.1. The van der Waals surface area contributed by atoms with Gasteiger partial charge in [0.1, 0.15) is 0 Å². The van der Waals surface area contributed by atoms with Crippen LogP contribution in [0.15, 0.2) is 48.8 Å². The van der Waals surface area contributed by atoms with Crippen molar-refractivity contribution >= 4 is 17.5 Å². The predicted octanol–water partition coefficient (Wildman–Crippen LogP) is 3.44. The second-order valence-corrected chi connectivity index (χ2v) is 7.36. The van der Waals surface area contributed by atoms with E-state index < -0.39 is 0 Å². The molecule has 5 nitrogen and oxygen atoms in total. The van der Waals surface area contributed by atoms with E-state index in [1.165, 1.54) is 12.5 Å². The Kier molecular flexibility index (Phi) is 6.50. The molecule has 0 aliphatic carbocycles. The van der Waals surface area contributed by atoms with Crippen LogP contribution in [0.1, 0.15) is 45.2 Å². The summed E-state index contributed by atoms with van der Waals surface area (Å²) in [6, 6.07) is 11.7. The minimum Gasteiger partial charge on any atom is -0.352 e. The molecule has 2 rings (SSSR count). The number of rotatable bonds is 6. The average Bonchev–Trinajstić information content (AvgIpc) is 2.60. The number of nitrogens with one attached hydrogen (secondary N) is 1. The highest BCUT2D eigenvalue weighted by Gasteiger charge is 2.16. The van der Waals surface area contributed by atoms with E-state index in [-0.39, 0.29) is 23.7 Å². The molecule has 0 saturated carbocycles. The van der Waals surface area contributed by atoms with Gasteiger partial charge in [0.15, 0.2) is 0 Å². The summed E-state index contributed by atoms with van der Waals surface area (Å²) in [5, 5.41) is 2.86. The molecule has 2 amide bonds. The molecule has 0 bridgehead atoms. The lowest BCUT2D eigenvalue weighted by molar-refractivity contribution is -0.121. The zero-order valence-electron chi connectivity index (χ0n) is 16.0.